The third-order valence-corrected chi connectivity index (χ3v) is 8.27. The van der Waals surface area contributed by atoms with E-state index in [4.69, 9.17) is 4.52 Å². The highest BCUT2D eigenvalue weighted by Crippen LogP contribution is 2.19. The molecule has 0 aliphatic carbocycles. The standard InChI is InChI=1S/C25H38N4O4S/c1-3-4-5-6-7-8-9-10-18-34(31,32)29-16-14-28(15-17-29)24(30)20-22-12-11-13-23(19-22)25-26-21(2)33-27-25/h11-13,19H,3-10,14-18,20H2,1-2H3. The van der Waals surface area contributed by atoms with E-state index in [1.807, 2.05) is 24.3 Å². The molecule has 0 N–H and O–H groups in total. The van der Waals surface area contributed by atoms with Crippen LogP contribution in [0.3, 0.4) is 0 Å². The molecular weight excluding hydrogens is 452 g/mol. The molecular formula is C25H38N4O4S. The lowest BCUT2D eigenvalue weighted by atomic mass is 10.1. The number of amides is 1. The molecule has 1 aromatic heterocycles. The number of sulfonamides is 1. The molecule has 1 fully saturated rings. The van der Waals surface area contributed by atoms with Crippen molar-refractivity contribution in [3.05, 3.63) is 35.7 Å². The molecule has 0 atom stereocenters. The molecule has 1 aromatic carbocycles. The Labute approximate surface area is 203 Å². The summed E-state index contributed by atoms with van der Waals surface area (Å²) >= 11 is 0. The van der Waals surface area contributed by atoms with Crippen molar-refractivity contribution in [3.8, 4) is 11.4 Å². The largest absolute Gasteiger partial charge is 0.340 e. The zero-order chi connectivity index (χ0) is 24.4. The monoisotopic (exact) mass is 490 g/mol. The lowest BCUT2D eigenvalue weighted by molar-refractivity contribution is -0.131. The van der Waals surface area contributed by atoms with Gasteiger partial charge in [-0.05, 0) is 18.1 Å². The van der Waals surface area contributed by atoms with Gasteiger partial charge in [-0.3, -0.25) is 4.79 Å². The lowest BCUT2D eigenvalue weighted by Gasteiger charge is -2.34. The van der Waals surface area contributed by atoms with E-state index in [1.165, 1.54) is 32.1 Å². The first-order chi connectivity index (χ1) is 16.4. The summed E-state index contributed by atoms with van der Waals surface area (Å²) in [5, 5.41) is 3.93. The molecule has 0 spiro atoms. The molecule has 0 radical (unpaired) electrons. The Bertz CT molecular complexity index is 1010. The Kier molecular flexibility index (Phi) is 10.1. The van der Waals surface area contributed by atoms with E-state index in [2.05, 4.69) is 17.1 Å². The van der Waals surface area contributed by atoms with Gasteiger partial charge in [0.25, 0.3) is 0 Å². The van der Waals surface area contributed by atoms with Crippen molar-refractivity contribution in [1.82, 2.24) is 19.3 Å². The van der Waals surface area contributed by atoms with Crippen molar-refractivity contribution in [1.29, 1.82) is 0 Å². The van der Waals surface area contributed by atoms with Crippen LogP contribution < -0.4 is 0 Å². The summed E-state index contributed by atoms with van der Waals surface area (Å²) in [6, 6.07) is 7.55. The number of hydrogen-bond donors (Lipinski definition) is 0. The Morgan fingerprint density at radius 1 is 1.00 bits per heavy atom. The first-order valence-electron chi connectivity index (χ1n) is 12.5. The van der Waals surface area contributed by atoms with E-state index in [-0.39, 0.29) is 18.1 Å². The number of benzene rings is 1. The van der Waals surface area contributed by atoms with Crippen LogP contribution in [0.15, 0.2) is 28.8 Å². The fourth-order valence-corrected chi connectivity index (χ4v) is 5.83. The van der Waals surface area contributed by atoms with E-state index in [1.54, 1.807) is 16.1 Å². The van der Waals surface area contributed by atoms with E-state index in [0.717, 1.165) is 24.0 Å². The number of rotatable bonds is 13. The van der Waals surface area contributed by atoms with Crippen molar-refractivity contribution >= 4 is 15.9 Å². The van der Waals surface area contributed by atoms with Crippen molar-refractivity contribution in [2.24, 2.45) is 0 Å². The molecule has 1 saturated heterocycles. The highest BCUT2D eigenvalue weighted by molar-refractivity contribution is 7.89. The van der Waals surface area contributed by atoms with Gasteiger partial charge < -0.3 is 9.42 Å². The normalized spacial score (nSPS) is 15.1. The summed E-state index contributed by atoms with van der Waals surface area (Å²) in [6.45, 7) is 5.54. The fourth-order valence-electron chi connectivity index (χ4n) is 4.29. The van der Waals surface area contributed by atoms with Gasteiger partial charge in [0, 0.05) is 38.7 Å². The number of carbonyl (C=O) groups is 1. The van der Waals surface area contributed by atoms with Gasteiger partial charge in [-0.25, -0.2) is 8.42 Å². The van der Waals surface area contributed by atoms with Crippen LogP contribution >= 0.6 is 0 Å². The number of carbonyl (C=O) groups excluding carboxylic acids is 1. The molecule has 2 aromatic rings. The van der Waals surface area contributed by atoms with Gasteiger partial charge in [0.15, 0.2) is 0 Å². The molecule has 0 bridgehead atoms. The molecule has 1 amide bonds. The van der Waals surface area contributed by atoms with Crippen LogP contribution in [0.25, 0.3) is 11.4 Å². The van der Waals surface area contributed by atoms with Crippen LogP contribution in [0, 0.1) is 6.92 Å². The average Bonchev–Trinajstić information content (AvgIpc) is 3.27. The van der Waals surface area contributed by atoms with Gasteiger partial charge >= 0.3 is 0 Å². The fraction of sp³-hybridized carbons (Fsp3) is 0.640. The minimum absolute atomic E-state index is 0.00145. The van der Waals surface area contributed by atoms with Gasteiger partial charge in [-0.2, -0.15) is 9.29 Å². The number of unbranched alkanes of at least 4 members (excludes halogenated alkanes) is 7. The maximum Gasteiger partial charge on any atom is 0.227 e. The number of nitrogens with zero attached hydrogens (tertiary/aromatic N) is 4. The number of piperazine rings is 1. The van der Waals surface area contributed by atoms with Crippen molar-refractivity contribution in [3.63, 3.8) is 0 Å². The molecule has 9 heteroatoms. The third-order valence-electron chi connectivity index (χ3n) is 6.31. The predicted octanol–water partition coefficient (Wildman–Crippen LogP) is 4.20. The molecule has 0 unspecified atom stereocenters. The number of aryl methyl sites for hydroxylation is 1. The quantitative estimate of drug-likeness (QED) is 0.390. The van der Waals surface area contributed by atoms with Gasteiger partial charge in [-0.15, -0.1) is 0 Å². The molecule has 8 nitrogen and oxygen atoms in total. The van der Waals surface area contributed by atoms with Crippen LogP contribution in [-0.4, -0.2) is 65.6 Å². The minimum Gasteiger partial charge on any atom is -0.340 e. The van der Waals surface area contributed by atoms with E-state index in [0.29, 0.717) is 44.3 Å². The second-order valence-corrected chi connectivity index (χ2v) is 11.2. The highest BCUT2D eigenvalue weighted by Gasteiger charge is 2.28. The van der Waals surface area contributed by atoms with Crippen LogP contribution in [0.2, 0.25) is 0 Å². The zero-order valence-corrected chi connectivity index (χ0v) is 21.4. The molecule has 3 rings (SSSR count). The number of hydrogen-bond acceptors (Lipinski definition) is 6. The Hall–Kier alpha value is -2.26. The molecule has 188 valence electrons. The van der Waals surface area contributed by atoms with Crippen LogP contribution in [0.5, 0.6) is 0 Å². The Morgan fingerprint density at radius 2 is 1.68 bits per heavy atom. The minimum atomic E-state index is -3.25. The van der Waals surface area contributed by atoms with Crippen LogP contribution in [-0.2, 0) is 21.2 Å². The number of aromatic nitrogens is 2. The summed E-state index contributed by atoms with van der Waals surface area (Å²) < 4.78 is 32.0. The van der Waals surface area contributed by atoms with Crippen molar-refractivity contribution < 1.29 is 17.7 Å². The van der Waals surface area contributed by atoms with Gasteiger partial charge in [0.2, 0.25) is 27.6 Å². The van der Waals surface area contributed by atoms with Gasteiger partial charge in [-0.1, -0.05) is 75.2 Å². The SMILES string of the molecule is CCCCCCCCCCS(=O)(=O)N1CCN(C(=O)Cc2cccc(-c3noc(C)n3)c2)CC1. The lowest BCUT2D eigenvalue weighted by Crippen LogP contribution is -2.51. The summed E-state index contributed by atoms with van der Waals surface area (Å²) in [4.78, 5) is 18.8. The van der Waals surface area contributed by atoms with Crippen LogP contribution in [0.1, 0.15) is 69.7 Å². The maximum absolute atomic E-state index is 12.8. The molecule has 0 saturated carbocycles. The first kappa shape index (κ1) is 26.3. The Morgan fingerprint density at radius 3 is 2.32 bits per heavy atom. The van der Waals surface area contributed by atoms with Gasteiger partial charge in [0.05, 0.1) is 12.2 Å². The van der Waals surface area contributed by atoms with Crippen molar-refractivity contribution in [2.75, 3.05) is 31.9 Å². The third kappa shape index (κ3) is 7.91. The molecule has 1 aliphatic rings. The second kappa shape index (κ2) is 13.0. The summed E-state index contributed by atoms with van der Waals surface area (Å²) in [7, 11) is -3.25. The van der Waals surface area contributed by atoms with E-state index < -0.39 is 10.0 Å². The average molecular weight is 491 g/mol. The molecule has 1 aliphatic heterocycles. The molecule has 34 heavy (non-hydrogen) atoms. The smallest absolute Gasteiger partial charge is 0.227 e. The predicted molar refractivity (Wildman–Crippen MR) is 133 cm³/mol. The topological polar surface area (TPSA) is 96.6 Å². The first-order valence-corrected chi connectivity index (χ1v) is 14.1. The second-order valence-electron chi connectivity index (χ2n) is 9.08. The van der Waals surface area contributed by atoms with E-state index in [9.17, 15) is 13.2 Å². The Balaban J connectivity index is 1.40. The van der Waals surface area contributed by atoms with Crippen LogP contribution in [0.4, 0.5) is 0 Å². The molecule has 2 heterocycles. The summed E-state index contributed by atoms with van der Waals surface area (Å²) in [5.41, 5.74) is 1.67. The maximum atomic E-state index is 12.8. The summed E-state index contributed by atoms with van der Waals surface area (Å²) in [6.07, 6.45) is 9.29. The van der Waals surface area contributed by atoms with E-state index >= 15 is 0 Å². The van der Waals surface area contributed by atoms with Crippen molar-refractivity contribution in [2.45, 2.75) is 71.6 Å². The summed E-state index contributed by atoms with van der Waals surface area (Å²) in [5.74, 6) is 1.20. The highest BCUT2D eigenvalue weighted by atomic mass is 32.2. The van der Waals surface area contributed by atoms with Gasteiger partial charge in [0.1, 0.15) is 0 Å². The zero-order valence-electron chi connectivity index (χ0n) is 20.5.